The predicted octanol–water partition coefficient (Wildman–Crippen LogP) is 1.65. The number of hydrogen-bond donors (Lipinski definition) is 1. The monoisotopic (exact) mass is 339 g/mol. The van der Waals surface area contributed by atoms with E-state index in [2.05, 4.69) is 21.2 Å². The summed E-state index contributed by atoms with van der Waals surface area (Å²) in [5, 5.41) is 14.4. The summed E-state index contributed by atoms with van der Waals surface area (Å²) in [7, 11) is 0. The number of halogens is 1. The highest BCUT2D eigenvalue weighted by molar-refractivity contribution is 9.10. The van der Waals surface area contributed by atoms with E-state index in [4.69, 9.17) is 0 Å². The highest BCUT2D eigenvalue weighted by Crippen LogP contribution is 2.30. The Bertz CT molecular complexity index is 566. The van der Waals surface area contributed by atoms with Gasteiger partial charge in [0, 0.05) is 36.7 Å². The van der Waals surface area contributed by atoms with Gasteiger partial charge in [-0.05, 0) is 24.0 Å². The Morgan fingerprint density at radius 3 is 2.60 bits per heavy atom. The Morgan fingerprint density at radius 1 is 1.35 bits per heavy atom. The smallest absolute Gasteiger partial charge is 0.283 e. The first kappa shape index (κ1) is 13.5. The standard InChI is InChI=1S/C13H14BrN3O3/c14-10-1-2-11(12(3-10)17(19)20)13(18)16-6-8-4-15-5-9(8)7-16/h1-3,8-9,15H,4-7H2/t8-,9+. The highest BCUT2D eigenvalue weighted by atomic mass is 79.9. The maximum Gasteiger partial charge on any atom is 0.283 e. The summed E-state index contributed by atoms with van der Waals surface area (Å²) in [6.07, 6.45) is 0. The zero-order valence-electron chi connectivity index (χ0n) is 10.7. The minimum absolute atomic E-state index is 0.139. The van der Waals surface area contributed by atoms with Gasteiger partial charge >= 0.3 is 0 Å². The normalized spacial score (nSPS) is 24.8. The molecule has 0 saturated carbocycles. The fourth-order valence-corrected chi connectivity index (χ4v) is 3.38. The summed E-state index contributed by atoms with van der Waals surface area (Å²) in [6, 6.07) is 4.57. The molecule has 0 spiro atoms. The number of nitro benzene ring substituents is 1. The first-order valence-corrected chi connectivity index (χ1v) is 7.29. The van der Waals surface area contributed by atoms with E-state index in [1.165, 1.54) is 12.1 Å². The third kappa shape index (κ3) is 2.31. The Balaban J connectivity index is 1.86. The van der Waals surface area contributed by atoms with Crippen LogP contribution in [0.1, 0.15) is 10.4 Å². The molecule has 2 saturated heterocycles. The average molecular weight is 340 g/mol. The second-order valence-corrected chi connectivity index (χ2v) is 6.22. The van der Waals surface area contributed by atoms with Crippen molar-refractivity contribution in [3.05, 3.63) is 38.3 Å². The number of nitrogens with one attached hydrogen (secondary N) is 1. The summed E-state index contributed by atoms with van der Waals surface area (Å²) in [4.78, 5) is 24.8. The summed E-state index contributed by atoms with van der Waals surface area (Å²) in [5.41, 5.74) is 0.0330. The number of hydrogen-bond acceptors (Lipinski definition) is 4. The molecule has 3 rings (SSSR count). The van der Waals surface area contributed by atoms with Gasteiger partial charge < -0.3 is 10.2 Å². The first-order valence-electron chi connectivity index (χ1n) is 6.50. The first-order chi connectivity index (χ1) is 9.56. The van der Waals surface area contributed by atoms with Crippen LogP contribution in [0.3, 0.4) is 0 Å². The van der Waals surface area contributed by atoms with Crippen LogP contribution in [0.25, 0.3) is 0 Å². The molecule has 0 unspecified atom stereocenters. The van der Waals surface area contributed by atoms with Crippen molar-refractivity contribution < 1.29 is 9.72 Å². The van der Waals surface area contributed by atoms with E-state index in [-0.39, 0.29) is 17.2 Å². The predicted molar refractivity (Wildman–Crippen MR) is 76.5 cm³/mol. The van der Waals surface area contributed by atoms with Gasteiger partial charge in [-0.3, -0.25) is 14.9 Å². The second-order valence-electron chi connectivity index (χ2n) is 5.31. The number of carbonyl (C=O) groups excluding carboxylic acids is 1. The van der Waals surface area contributed by atoms with Crippen LogP contribution in [0.4, 0.5) is 5.69 Å². The molecule has 1 aromatic carbocycles. The minimum Gasteiger partial charge on any atom is -0.338 e. The van der Waals surface area contributed by atoms with Crippen LogP contribution < -0.4 is 5.32 Å². The largest absolute Gasteiger partial charge is 0.338 e. The van der Waals surface area contributed by atoms with Gasteiger partial charge in [0.15, 0.2) is 0 Å². The van der Waals surface area contributed by atoms with Crippen molar-refractivity contribution >= 4 is 27.5 Å². The Morgan fingerprint density at radius 2 is 2.00 bits per heavy atom. The molecule has 0 aliphatic carbocycles. The van der Waals surface area contributed by atoms with Crippen LogP contribution in [0, 0.1) is 22.0 Å². The zero-order chi connectivity index (χ0) is 14.3. The maximum atomic E-state index is 12.5. The SMILES string of the molecule is O=C(c1ccc(Br)cc1[N+](=O)[O-])N1C[C@H]2CNC[C@H]2C1. The Kier molecular flexibility index (Phi) is 3.47. The minimum atomic E-state index is -0.504. The fourth-order valence-electron chi connectivity index (χ4n) is 3.03. The molecule has 2 heterocycles. The number of nitrogens with zero attached hydrogens (tertiary/aromatic N) is 2. The van der Waals surface area contributed by atoms with Gasteiger partial charge in [0.1, 0.15) is 5.56 Å². The van der Waals surface area contributed by atoms with Crippen LogP contribution in [0.15, 0.2) is 22.7 Å². The van der Waals surface area contributed by atoms with Crippen molar-refractivity contribution in [2.75, 3.05) is 26.2 Å². The van der Waals surface area contributed by atoms with E-state index in [1.54, 1.807) is 11.0 Å². The van der Waals surface area contributed by atoms with E-state index in [0.717, 1.165) is 13.1 Å². The van der Waals surface area contributed by atoms with Gasteiger partial charge in [0.05, 0.1) is 4.92 Å². The number of likely N-dealkylation sites (tertiary alicyclic amines) is 1. The molecular weight excluding hydrogens is 326 g/mol. The Labute approximate surface area is 124 Å². The van der Waals surface area contributed by atoms with Gasteiger partial charge in [-0.25, -0.2) is 0 Å². The van der Waals surface area contributed by atoms with Crippen molar-refractivity contribution in [1.29, 1.82) is 0 Å². The highest BCUT2D eigenvalue weighted by Gasteiger charge is 2.39. The third-order valence-electron chi connectivity index (χ3n) is 4.06. The lowest BCUT2D eigenvalue weighted by Gasteiger charge is -2.17. The van der Waals surface area contributed by atoms with E-state index in [0.29, 0.717) is 29.4 Å². The second kappa shape index (κ2) is 5.14. The summed E-state index contributed by atoms with van der Waals surface area (Å²) in [5.74, 6) is 0.723. The number of benzene rings is 1. The van der Waals surface area contributed by atoms with Gasteiger partial charge in [-0.2, -0.15) is 0 Å². The van der Waals surface area contributed by atoms with Crippen LogP contribution >= 0.6 is 15.9 Å². The van der Waals surface area contributed by atoms with Gasteiger partial charge in [0.25, 0.3) is 11.6 Å². The molecule has 0 aromatic heterocycles. The number of fused-ring (bicyclic) bond motifs is 1. The van der Waals surface area contributed by atoms with Crippen molar-refractivity contribution in [2.45, 2.75) is 0 Å². The molecule has 2 aliphatic rings. The molecule has 2 atom stereocenters. The molecule has 106 valence electrons. The molecule has 0 bridgehead atoms. The molecule has 1 amide bonds. The molecule has 20 heavy (non-hydrogen) atoms. The van der Waals surface area contributed by atoms with Gasteiger partial charge in [-0.1, -0.05) is 15.9 Å². The van der Waals surface area contributed by atoms with Crippen LogP contribution in [0.2, 0.25) is 0 Å². The number of rotatable bonds is 2. The number of amides is 1. The molecule has 2 aliphatic heterocycles. The summed E-state index contributed by atoms with van der Waals surface area (Å²) in [6.45, 7) is 3.22. The molecule has 1 N–H and O–H groups in total. The van der Waals surface area contributed by atoms with Crippen LogP contribution in [-0.4, -0.2) is 41.9 Å². The van der Waals surface area contributed by atoms with E-state index >= 15 is 0 Å². The van der Waals surface area contributed by atoms with Gasteiger partial charge in [0.2, 0.25) is 0 Å². The molecule has 6 nitrogen and oxygen atoms in total. The van der Waals surface area contributed by atoms with Crippen LogP contribution in [0.5, 0.6) is 0 Å². The maximum absolute atomic E-state index is 12.5. The van der Waals surface area contributed by atoms with E-state index in [9.17, 15) is 14.9 Å². The molecule has 1 aromatic rings. The quantitative estimate of drug-likeness (QED) is 0.656. The molecule has 2 fully saturated rings. The summed E-state index contributed by atoms with van der Waals surface area (Å²) < 4.78 is 0.600. The van der Waals surface area contributed by atoms with Crippen molar-refractivity contribution in [1.82, 2.24) is 10.2 Å². The molecular formula is C13H14BrN3O3. The lowest BCUT2D eigenvalue weighted by molar-refractivity contribution is -0.385. The number of nitro groups is 1. The van der Waals surface area contributed by atoms with E-state index < -0.39 is 4.92 Å². The Hall–Kier alpha value is -1.47. The fraction of sp³-hybridized carbons (Fsp3) is 0.462. The lowest BCUT2D eigenvalue weighted by Crippen LogP contribution is -2.32. The van der Waals surface area contributed by atoms with E-state index in [1.807, 2.05) is 0 Å². The van der Waals surface area contributed by atoms with Crippen molar-refractivity contribution in [2.24, 2.45) is 11.8 Å². The average Bonchev–Trinajstić information content (AvgIpc) is 2.98. The summed E-state index contributed by atoms with van der Waals surface area (Å²) >= 11 is 3.20. The van der Waals surface area contributed by atoms with Crippen LogP contribution in [-0.2, 0) is 0 Å². The van der Waals surface area contributed by atoms with Crippen molar-refractivity contribution in [3.8, 4) is 0 Å². The lowest BCUT2D eigenvalue weighted by atomic mass is 10.0. The molecule has 7 heteroatoms. The zero-order valence-corrected chi connectivity index (χ0v) is 12.3. The van der Waals surface area contributed by atoms with Gasteiger partial charge in [-0.15, -0.1) is 0 Å². The number of carbonyl (C=O) groups is 1. The topological polar surface area (TPSA) is 75.5 Å². The molecule has 0 radical (unpaired) electrons. The third-order valence-corrected chi connectivity index (χ3v) is 4.56. The van der Waals surface area contributed by atoms with Crippen molar-refractivity contribution in [3.63, 3.8) is 0 Å².